The van der Waals surface area contributed by atoms with Crippen LogP contribution in [0.5, 0.6) is 0 Å². The van der Waals surface area contributed by atoms with Crippen LogP contribution in [-0.2, 0) is 42.8 Å². The lowest BCUT2D eigenvalue weighted by molar-refractivity contribution is -0.386. The highest BCUT2D eigenvalue weighted by molar-refractivity contribution is 5.77. The number of unbranched alkanes of at least 4 members (excludes halogenated alkanes) is 53. The summed E-state index contributed by atoms with van der Waals surface area (Å²) in [5.41, 5.74) is 0. The Morgan fingerprint density at radius 2 is 0.798 bits per heavy atom. The van der Waals surface area contributed by atoms with Crippen molar-refractivity contribution in [1.82, 2.24) is 10.6 Å². The first kappa shape index (κ1) is 101. The molecule has 18 atom stereocenters. The molecule has 0 spiro atoms. The fraction of sp³-hybridized carbons (Fsp3) is 0.965. The van der Waals surface area contributed by atoms with Crippen LogP contribution < -0.4 is 10.6 Å². The average molecular weight is 1560 g/mol. The number of rotatable bonds is 73. The van der Waals surface area contributed by atoms with Crippen molar-refractivity contribution < 1.29 is 104 Å². The highest BCUT2D eigenvalue weighted by atomic mass is 16.8. The molecule has 644 valence electrons. The van der Waals surface area contributed by atoms with Gasteiger partial charge in [-0.2, -0.15) is 0 Å². The predicted molar refractivity (Wildman–Crippen MR) is 426 cm³/mol. The summed E-state index contributed by atoms with van der Waals surface area (Å²) in [5.74, 6) is -6.09. The Kier molecular flexibility index (Phi) is 60.0. The molecule has 14 N–H and O–H groups in total. The number of carbonyl (C=O) groups excluding carboxylic acids is 2. The van der Waals surface area contributed by atoms with Crippen LogP contribution in [0.3, 0.4) is 0 Å². The van der Waals surface area contributed by atoms with Gasteiger partial charge in [-0.05, 0) is 12.8 Å². The quantitative estimate of drug-likeness (QED) is 0.0252. The van der Waals surface area contributed by atoms with Crippen LogP contribution in [0.15, 0.2) is 0 Å². The summed E-state index contributed by atoms with van der Waals surface area (Å²) in [4.78, 5) is 38.7. The van der Waals surface area contributed by atoms with E-state index in [4.69, 9.17) is 28.4 Å². The van der Waals surface area contributed by atoms with Crippen molar-refractivity contribution in [2.24, 2.45) is 0 Å². The van der Waals surface area contributed by atoms with Crippen molar-refractivity contribution in [1.29, 1.82) is 0 Å². The van der Waals surface area contributed by atoms with Gasteiger partial charge in [0.2, 0.25) is 11.8 Å². The van der Waals surface area contributed by atoms with Crippen LogP contribution in [0, 0.1) is 0 Å². The van der Waals surface area contributed by atoms with Crippen LogP contribution in [-0.4, -0.2) is 215 Å². The maximum Gasteiger partial charge on any atom is 0.364 e. The number of carboxylic acid groups (broad SMARTS) is 1. The molecular formula is C86H164N2O21. The maximum atomic E-state index is 13.6. The van der Waals surface area contributed by atoms with Gasteiger partial charge < -0.3 is 100 Å². The minimum Gasteiger partial charge on any atom is -0.477 e. The van der Waals surface area contributed by atoms with E-state index in [9.17, 15) is 75.7 Å². The van der Waals surface area contributed by atoms with Gasteiger partial charge in [-0.25, -0.2) is 4.79 Å². The molecule has 0 radical (unpaired) electrons. The molecule has 109 heavy (non-hydrogen) atoms. The number of aliphatic carboxylic acids is 1. The molecule has 18 unspecified atom stereocenters. The number of carboxylic acids is 1. The van der Waals surface area contributed by atoms with Crippen LogP contribution in [0.1, 0.15) is 393 Å². The molecule has 0 aromatic rings. The van der Waals surface area contributed by atoms with E-state index in [-0.39, 0.29) is 18.9 Å². The molecule has 23 nitrogen and oxygen atoms in total. The Labute approximate surface area is 659 Å². The van der Waals surface area contributed by atoms with Crippen LogP contribution in [0.25, 0.3) is 0 Å². The highest BCUT2D eigenvalue weighted by Gasteiger charge is 2.60. The molecule has 23 heteroatoms. The monoisotopic (exact) mass is 1560 g/mol. The van der Waals surface area contributed by atoms with Gasteiger partial charge in [-0.15, -0.1) is 0 Å². The van der Waals surface area contributed by atoms with Crippen molar-refractivity contribution in [3.63, 3.8) is 0 Å². The first-order chi connectivity index (χ1) is 52.9. The fourth-order valence-corrected chi connectivity index (χ4v) is 16.0. The molecule has 3 fully saturated rings. The topological polar surface area (TPSA) is 373 Å². The van der Waals surface area contributed by atoms with Gasteiger partial charge >= 0.3 is 5.97 Å². The van der Waals surface area contributed by atoms with Crippen molar-refractivity contribution in [3.8, 4) is 0 Å². The molecule has 0 bridgehead atoms. The Morgan fingerprint density at radius 3 is 1.15 bits per heavy atom. The van der Waals surface area contributed by atoms with Crippen molar-refractivity contribution in [2.75, 3.05) is 26.4 Å². The van der Waals surface area contributed by atoms with Gasteiger partial charge in [0, 0.05) is 19.8 Å². The summed E-state index contributed by atoms with van der Waals surface area (Å²) < 4.78 is 35.0. The summed E-state index contributed by atoms with van der Waals surface area (Å²) in [7, 11) is 0. The zero-order chi connectivity index (χ0) is 79.5. The van der Waals surface area contributed by atoms with Crippen molar-refractivity contribution in [3.05, 3.63) is 0 Å². The van der Waals surface area contributed by atoms with E-state index in [1.54, 1.807) is 0 Å². The standard InChI is InChI=1S/C86H164N2O21/c1-4-6-8-10-12-14-16-18-20-22-23-24-25-26-27-28-29-30-31-32-33-34-35-36-37-38-39-40-41-42-43-44-46-48-50-52-54-56-58-60-73(96)88-67(68(93)59-57-55-53-51-49-47-45-21-19-17-15-13-11-9-7-5-2)65-104-83-78(100)77(99)80(72(64-91)106-83)107-84-79(101)82(76(98)71(63-90)105-84)109-86(85(102)103)61-69(94)74(87-66(3)92)81(108-86)75(97)70(95)62-89/h67-72,74-84,89-91,93-95,97-101H,4-65H2,1-3H3,(H,87,92)(H,88,96)(H,102,103). The predicted octanol–water partition coefficient (Wildman–Crippen LogP) is 13.9. The molecule has 3 aliphatic rings. The van der Waals surface area contributed by atoms with Gasteiger partial charge in [-0.3, -0.25) is 9.59 Å². The summed E-state index contributed by atoms with van der Waals surface area (Å²) in [6, 6.07) is -2.53. The fourth-order valence-electron chi connectivity index (χ4n) is 16.0. The van der Waals surface area contributed by atoms with Crippen molar-refractivity contribution in [2.45, 2.75) is 503 Å². The Morgan fingerprint density at radius 1 is 0.440 bits per heavy atom. The summed E-state index contributed by atoms with van der Waals surface area (Å²) in [6.45, 7) is 2.27. The number of hydrogen-bond donors (Lipinski definition) is 14. The van der Waals surface area contributed by atoms with Crippen LogP contribution in [0.2, 0.25) is 0 Å². The number of carbonyl (C=O) groups is 3. The molecular weight excluding hydrogens is 1400 g/mol. The molecule has 3 rings (SSSR count). The van der Waals surface area contributed by atoms with Gasteiger partial charge in [0.25, 0.3) is 5.79 Å². The van der Waals surface area contributed by atoms with Gasteiger partial charge in [0.15, 0.2) is 12.6 Å². The second-order valence-electron chi connectivity index (χ2n) is 32.8. The first-order valence-corrected chi connectivity index (χ1v) is 44.9. The molecule has 3 heterocycles. The molecule has 0 aromatic carbocycles. The van der Waals surface area contributed by atoms with E-state index >= 15 is 0 Å². The van der Waals surface area contributed by atoms with E-state index in [1.165, 1.54) is 295 Å². The van der Waals surface area contributed by atoms with E-state index in [2.05, 4.69) is 24.5 Å². The average Bonchev–Trinajstić information content (AvgIpc) is 0.754. The lowest BCUT2D eigenvalue weighted by atomic mass is 9.88. The number of aliphatic hydroxyl groups excluding tert-OH is 11. The summed E-state index contributed by atoms with van der Waals surface area (Å²) >= 11 is 0. The van der Waals surface area contributed by atoms with Crippen LogP contribution >= 0.6 is 0 Å². The number of nitrogens with one attached hydrogen (secondary N) is 2. The SMILES string of the molecule is CCCCCCCCCCCCCCCCCCCCCCCCCCCCCCCCCCCCCCCCCC(=O)NC(COC1OC(CO)C(OC2OC(CO)C(O)C(OC3(C(=O)O)CC(O)C(NC(C)=O)C(C(O)C(O)CO)O3)C2O)C(O)C1O)C(O)CCCCCCCCCCCCCCCCCC. The minimum absolute atomic E-state index is 0.230. The Bertz CT molecular complexity index is 2160. The first-order valence-electron chi connectivity index (χ1n) is 44.9. The third-order valence-electron chi connectivity index (χ3n) is 23.1. The van der Waals surface area contributed by atoms with E-state index < -0.39 is 148 Å². The van der Waals surface area contributed by atoms with E-state index in [0.29, 0.717) is 19.3 Å². The lowest BCUT2D eigenvalue weighted by Gasteiger charge is -2.50. The second kappa shape index (κ2) is 64.8. The van der Waals surface area contributed by atoms with Gasteiger partial charge in [0.05, 0.1) is 50.7 Å². The van der Waals surface area contributed by atoms with Gasteiger partial charge in [0.1, 0.15) is 67.1 Å². The summed E-state index contributed by atoms with van der Waals surface area (Å²) in [6.07, 6.45) is 42.9. The minimum atomic E-state index is -3.08. The number of amides is 2. The molecule has 0 saturated carbocycles. The molecule has 3 aliphatic heterocycles. The Hall–Kier alpha value is -2.27. The molecule has 0 aromatic heterocycles. The third-order valence-corrected chi connectivity index (χ3v) is 23.1. The number of ether oxygens (including phenoxy) is 6. The number of aliphatic hydroxyl groups is 11. The number of hydrogen-bond acceptors (Lipinski definition) is 20. The largest absolute Gasteiger partial charge is 0.477 e. The smallest absolute Gasteiger partial charge is 0.364 e. The molecule has 3 saturated heterocycles. The zero-order valence-electron chi connectivity index (χ0n) is 68.7. The van der Waals surface area contributed by atoms with Crippen molar-refractivity contribution >= 4 is 17.8 Å². The van der Waals surface area contributed by atoms with E-state index in [1.807, 2.05) is 0 Å². The molecule has 2 amide bonds. The third kappa shape index (κ3) is 44.0. The van der Waals surface area contributed by atoms with E-state index in [0.717, 1.165) is 51.9 Å². The zero-order valence-corrected chi connectivity index (χ0v) is 68.7. The Balaban J connectivity index is 1.38. The highest BCUT2D eigenvalue weighted by Crippen LogP contribution is 2.39. The van der Waals surface area contributed by atoms with Crippen LogP contribution in [0.4, 0.5) is 0 Å². The summed E-state index contributed by atoms with van der Waals surface area (Å²) in [5, 5.41) is 137. The maximum absolute atomic E-state index is 13.6. The lowest BCUT2D eigenvalue weighted by Crippen LogP contribution is -2.70. The normalized spacial score (nSPS) is 25.7. The molecule has 0 aliphatic carbocycles. The van der Waals surface area contributed by atoms with Gasteiger partial charge in [-0.1, -0.05) is 361 Å². The second-order valence-corrected chi connectivity index (χ2v) is 32.8.